The Bertz CT molecular complexity index is 539. The minimum absolute atomic E-state index is 0.156. The first-order valence-corrected chi connectivity index (χ1v) is 7.94. The number of halogens is 1. The van der Waals surface area contributed by atoms with Gasteiger partial charge in [-0.3, -0.25) is 0 Å². The average molecular weight is 286 g/mol. The molecule has 4 nitrogen and oxygen atoms in total. The summed E-state index contributed by atoms with van der Waals surface area (Å²) < 4.78 is 40.0. The largest absolute Gasteiger partial charge is 0.324 e. The Morgan fingerprint density at radius 3 is 2.47 bits per heavy atom. The zero-order valence-corrected chi connectivity index (χ0v) is 11.5. The van der Waals surface area contributed by atoms with E-state index in [0.29, 0.717) is 0 Å². The minimum atomic E-state index is -3.83. The minimum Gasteiger partial charge on any atom is -0.324 e. The third-order valence-electron chi connectivity index (χ3n) is 3.59. The van der Waals surface area contributed by atoms with Crippen molar-refractivity contribution >= 4 is 10.0 Å². The van der Waals surface area contributed by atoms with Crippen LogP contribution in [0.1, 0.15) is 32.1 Å². The van der Waals surface area contributed by atoms with Gasteiger partial charge in [0.1, 0.15) is 10.7 Å². The summed E-state index contributed by atoms with van der Waals surface area (Å²) in [5, 5.41) is 0. The fraction of sp³-hybridized carbons (Fsp3) is 0.538. The Balaban J connectivity index is 2.08. The third-order valence-corrected chi connectivity index (χ3v) is 5.02. The molecule has 1 fully saturated rings. The van der Waals surface area contributed by atoms with Crippen molar-refractivity contribution in [1.29, 1.82) is 0 Å². The maximum atomic E-state index is 13.5. The molecule has 0 saturated heterocycles. The maximum absolute atomic E-state index is 13.5. The smallest absolute Gasteiger partial charge is 0.243 e. The van der Waals surface area contributed by atoms with Gasteiger partial charge in [-0.25, -0.2) is 17.5 Å². The molecule has 1 saturated carbocycles. The van der Waals surface area contributed by atoms with E-state index < -0.39 is 21.4 Å². The highest BCUT2D eigenvalue weighted by Crippen LogP contribution is 2.25. The van der Waals surface area contributed by atoms with Crippen molar-refractivity contribution in [1.82, 2.24) is 4.72 Å². The number of sulfonamides is 1. The molecule has 2 rings (SSSR count). The first kappa shape index (κ1) is 14.4. The molecular formula is C13H19FN2O2S. The van der Waals surface area contributed by atoms with Crippen LogP contribution < -0.4 is 10.5 Å². The Morgan fingerprint density at radius 2 is 1.84 bits per heavy atom. The van der Waals surface area contributed by atoms with Crippen LogP contribution in [0.15, 0.2) is 29.2 Å². The summed E-state index contributed by atoms with van der Waals surface area (Å²) in [7, 11) is -3.83. The molecule has 1 aliphatic rings. The number of rotatable bonds is 4. The average Bonchev–Trinajstić information content (AvgIpc) is 2.38. The summed E-state index contributed by atoms with van der Waals surface area (Å²) >= 11 is 0. The van der Waals surface area contributed by atoms with Gasteiger partial charge in [0.2, 0.25) is 10.0 Å². The monoisotopic (exact) mass is 286 g/mol. The molecule has 0 bridgehead atoms. The van der Waals surface area contributed by atoms with E-state index in [-0.39, 0.29) is 11.4 Å². The van der Waals surface area contributed by atoms with Gasteiger partial charge in [-0.2, -0.15) is 0 Å². The lowest BCUT2D eigenvalue weighted by Gasteiger charge is -2.33. The van der Waals surface area contributed by atoms with Gasteiger partial charge in [-0.05, 0) is 25.0 Å². The number of nitrogens with two attached hydrogens (primary N) is 1. The van der Waals surface area contributed by atoms with Gasteiger partial charge < -0.3 is 5.73 Å². The number of benzene rings is 1. The summed E-state index contributed by atoms with van der Waals surface area (Å²) in [5.74, 6) is -0.746. The lowest BCUT2D eigenvalue weighted by Crippen LogP contribution is -2.51. The van der Waals surface area contributed by atoms with Crippen LogP contribution in [-0.2, 0) is 10.0 Å². The molecule has 3 N–H and O–H groups in total. The van der Waals surface area contributed by atoms with Crippen molar-refractivity contribution in [3.05, 3.63) is 30.1 Å². The predicted octanol–water partition coefficient (Wildman–Crippen LogP) is 1.77. The highest BCUT2D eigenvalue weighted by Gasteiger charge is 2.29. The number of hydrogen-bond acceptors (Lipinski definition) is 3. The van der Waals surface area contributed by atoms with Crippen molar-refractivity contribution in [2.45, 2.75) is 42.5 Å². The highest BCUT2D eigenvalue weighted by atomic mass is 32.2. The summed E-state index contributed by atoms with van der Waals surface area (Å²) in [6.45, 7) is 0.156. The lowest BCUT2D eigenvalue weighted by molar-refractivity contribution is 0.296. The fourth-order valence-corrected chi connectivity index (χ4v) is 3.63. The molecule has 1 aromatic carbocycles. The zero-order chi connectivity index (χ0) is 13.9. The molecule has 0 unspecified atom stereocenters. The van der Waals surface area contributed by atoms with Gasteiger partial charge in [0.15, 0.2) is 0 Å². The van der Waals surface area contributed by atoms with Gasteiger partial charge in [0.05, 0.1) is 0 Å². The van der Waals surface area contributed by atoms with Crippen LogP contribution in [0.4, 0.5) is 4.39 Å². The van der Waals surface area contributed by atoms with Crippen molar-refractivity contribution in [2.75, 3.05) is 6.54 Å². The normalized spacial score (nSPS) is 19.3. The van der Waals surface area contributed by atoms with Gasteiger partial charge in [0.25, 0.3) is 0 Å². The Kier molecular flexibility index (Phi) is 4.23. The van der Waals surface area contributed by atoms with Crippen LogP contribution in [0.5, 0.6) is 0 Å². The summed E-state index contributed by atoms with van der Waals surface area (Å²) in [6.07, 6.45) is 4.76. The van der Waals surface area contributed by atoms with E-state index in [0.717, 1.165) is 38.2 Å². The second kappa shape index (κ2) is 5.56. The Morgan fingerprint density at radius 1 is 1.21 bits per heavy atom. The van der Waals surface area contributed by atoms with Crippen molar-refractivity contribution in [3.63, 3.8) is 0 Å². The Labute approximate surface area is 113 Å². The molecule has 0 aromatic heterocycles. The van der Waals surface area contributed by atoms with E-state index in [1.54, 1.807) is 0 Å². The molecule has 0 radical (unpaired) electrons. The van der Waals surface area contributed by atoms with Gasteiger partial charge in [-0.15, -0.1) is 0 Å². The first-order valence-electron chi connectivity index (χ1n) is 6.46. The number of nitrogens with one attached hydrogen (secondary N) is 1. The van der Waals surface area contributed by atoms with Crippen LogP contribution in [0, 0.1) is 5.82 Å². The topological polar surface area (TPSA) is 72.2 Å². The SMILES string of the molecule is NC1(CNS(=O)(=O)c2ccccc2F)CCCCC1. The second-order valence-corrected chi connectivity index (χ2v) is 6.91. The summed E-state index contributed by atoms with van der Waals surface area (Å²) in [5.41, 5.74) is 5.66. The van der Waals surface area contributed by atoms with E-state index in [1.807, 2.05) is 0 Å². The van der Waals surface area contributed by atoms with Gasteiger partial charge in [-0.1, -0.05) is 31.4 Å². The molecule has 0 amide bonds. The van der Waals surface area contributed by atoms with E-state index in [1.165, 1.54) is 18.2 Å². The van der Waals surface area contributed by atoms with E-state index >= 15 is 0 Å². The van der Waals surface area contributed by atoms with Crippen LogP contribution in [-0.4, -0.2) is 20.5 Å². The highest BCUT2D eigenvalue weighted by molar-refractivity contribution is 7.89. The van der Waals surface area contributed by atoms with Crippen molar-refractivity contribution < 1.29 is 12.8 Å². The molecule has 0 atom stereocenters. The zero-order valence-electron chi connectivity index (χ0n) is 10.7. The summed E-state index contributed by atoms with van der Waals surface area (Å²) in [6, 6.07) is 5.34. The van der Waals surface area contributed by atoms with Crippen LogP contribution >= 0.6 is 0 Å². The molecule has 0 heterocycles. The van der Waals surface area contributed by atoms with Crippen molar-refractivity contribution in [2.24, 2.45) is 5.73 Å². The van der Waals surface area contributed by atoms with E-state index in [9.17, 15) is 12.8 Å². The van der Waals surface area contributed by atoms with Crippen molar-refractivity contribution in [3.8, 4) is 0 Å². The Hall–Kier alpha value is -0.980. The second-order valence-electron chi connectivity index (χ2n) is 5.18. The molecule has 6 heteroatoms. The van der Waals surface area contributed by atoms with Crippen LogP contribution in [0.2, 0.25) is 0 Å². The molecule has 106 valence electrons. The van der Waals surface area contributed by atoms with Gasteiger partial charge in [0, 0.05) is 12.1 Å². The maximum Gasteiger partial charge on any atom is 0.243 e. The predicted molar refractivity (Wildman–Crippen MR) is 71.6 cm³/mol. The molecular weight excluding hydrogens is 267 g/mol. The first-order chi connectivity index (χ1) is 8.93. The van der Waals surface area contributed by atoms with Crippen LogP contribution in [0.3, 0.4) is 0 Å². The third kappa shape index (κ3) is 3.52. The van der Waals surface area contributed by atoms with E-state index in [2.05, 4.69) is 4.72 Å². The lowest BCUT2D eigenvalue weighted by atomic mass is 9.83. The molecule has 1 aromatic rings. The number of hydrogen-bond donors (Lipinski definition) is 2. The standard InChI is InChI=1S/C13H19FN2O2S/c14-11-6-2-3-7-12(11)19(17,18)16-10-13(15)8-4-1-5-9-13/h2-3,6-7,16H,1,4-5,8-10,15H2. The molecule has 1 aliphatic carbocycles. The molecule has 0 aliphatic heterocycles. The molecule has 19 heavy (non-hydrogen) atoms. The quantitative estimate of drug-likeness (QED) is 0.886. The van der Waals surface area contributed by atoms with Crippen LogP contribution in [0.25, 0.3) is 0 Å². The summed E-state index contributed by atoms with van der Waals surface area (Å²) in [4.78, 5) is -0.325. The van der Waals surface area contributed by atoms with E-state index in [4.69, 9.17) is 5.73 Å². The fourth-order valence-electron chi connectivity index (χ4n) is 2.41. The van der Waals surface area contributed by atoms with Gasteiger partial charge >= 0.3 is 0 Å². The molecule has 0 spiro atoms.